The summed E-state index contributed by atoms with van der Waals surface area (Å²) in [5.41, 5.74) is 0.762. The highest BCUT2D eigenvalue weighted by molar-refractivity contribution is 7.17. The van der Waals surface area contributed by atoms with E-state index in [0.717, 1.165) is 29.7 Å². The first-order valence-electron chi connectivity index (χ1n) is 9.26. The summed E-state index contributed by atoms with van der Waals surface area (Å²) in [5, 5.41) is 3.72. The van der Waals surface area contributed by atoms with Gasteiger partial charge < -0.3 is 19.2 Å². The number of amides is 1. The Morgan fingerprint density at radius 1 is 1.24 bits per heavy atom. The maximum absolute atomic E-state index is 12.8. The van der Waals surface area contributed by atoms with Crippen LogP contribution >= 0.6 is 11.3 Å². The van der Waals surface area contributed by atoms with Crippen LogP contribution in [0.4, 0.5) is 5.00 Å². The first kappa shape index (κ1) is 19.2. The highest BCUT2D eigenvalue weighted by atomic mass is 32.1. The molecule has 1 aliphatic rings. The van der Waals surface area contributed by atoms with E-state index in [1.54, 1.807) is 25.1 Å². The Morgan fingerprint density at radius 2 is 2.07 bits per heavy atom. The van der Waals surface area contributed by atoms with Crippen molar-refractivity contribution in [2.45, 2.75) is 26.2 Å². The minimum atomic E-state index is -0.759. The molecule has 7 nitrogen and oxygen atoms in total. The van der Waals surface area contributed by atoms with Gasteiger partial charge in [0.05, 0.1) is 19.3 Å². The minimum Gasteiger partial charge on any atom is -0.497 e. The number of thiophene rings is 1. The fourth-order valence-electron chi connectivity index (χ4n) is 3.46. The van der Waals surface area contributed by atoms with Crippen molar-refractivity contribution in [2.75, 3.05) is 19.0 Å². The highest BCUT2D eigenvalue weighted by Gasteiger charge is 2.29. The number of anilines is 1. The second kappa shape index (κ2) is 7.71. The van der Waals surface area contributed by atoms with Gasteiger partial charge in [-0.25, -0.2) is 9.59 Å². The molecule has 0 fully saturated rings. The number of nitrogens with one attached hydrogen (secondary N) is 1. The van der Waals surface area contributed by atoms with E-state index in [1.165, 1.54) is 24.5 Å². The highest BCUT2D eigenvalue weighted by Crippen LogP contribution is 2.39. The molecule has 1 aromatic carbocycles. The topological polar surface area (TPSA) is 94.8 Å². The summed E-state index contributed by atoms with van der Waals surface area (Å²) in [6.07, 6.45) is 2.61. The molecule has 150 valence electrons. The largest absolute Gasteiger partial charge is 0.497 e. The molecule has 29 heavy (non-hydrogen) atoms. The van der Waals surface area contributed by atoms with Crippen molar-refractivity contribution < 1.29 is 23.5 Å². The van der Waals surface area contributed by atoms with Crippen molar-refractivity contribution in [1.82, 2.24) is 0 Å². The number of esters is 1. The fourth-order valence-corrected chi connectivity index (χ4v) is 4.73. The van der Waals surface area contributed by atoms with Crippen LogP contribution in [0.1, 0.15) is 44.5 Å². The van der Waals surface area contributed by atoms with Crippen molar-refractivity contribution in [3.8, 4) is 5.75 Å². The summed E-state index contributed by atoms with van der Waals surface area (Å²) in [5.74, 6) is -0.535. The van der Waals surface area contributed by atoms with Crippen molar-refractivity contribution in [3.63, 3.8) is 0 Å². The molecule has 4 rings (SSSR count). The molecule has 0 aliphatic heterocycles. The van der Waals surface area contributed by atoms with E-state index >= 15 is 0 Å². The average Bonchev–Trinajstić information content (AvgIpc) is 3.27. The van der Waals surface area contributed by atoms with Crippen molar-refractivity contribution >= 4 is 39.2 Å². The van der Waals surface area contributed by atoms with Gasteiger partial charge in [0, 0.05) is 16.3 Å². The lowest BCUT2D eigenvalue weighted by Crippen LogP contribution is -2.21. The first-order chi connectivity index (χ1) is 14.0. The average molecular weight is 413 g/mol. The third kappa shape index (κ3) is 3.51. The van der Waals surface area contributed by atoms with Crippen molar-refractivity contribution in [1.29, 1.82) is 0 Å². The lowest BCUT2D eigenvalue weighted by molar-refractivity contribution is 0.0527. The zero-order valence-corrected chi connectivity index (χ0v) is 16.8. The lowest BCUT2D eigenvalue weighted by Gasteiger charge is -2.08. The van der Waals surface area contributed by atoms with Gasteiger partial charge in [0.1, 0.15) is 21.9 Å². The van der Waals surface area contributed by atoms with Gasteiger partial charge in [-0.3, -0.25) is 4.79 Å². The summed E-state index contributed by atoms with van der Waals surface area (Å²) in [6.45, 7) is 1.98. The Hall–Kier alpha value is -3.13. The van der Waals surface area contributed by atoms with Crippen LogP contribution in [0.3, 0.4) is 0 Å². The number of carbonyl (C=O) groups is 2. The normalized spacial score (nSPS) is 12.6. The Kier molecular flexibility index (Phi) is 5.10. The van der Waals surface area contributed by atoms with Crippen LogP contribution in [0, 0.1) is 0 Å². The Morgan fingerprint density at radius 3 is 2.83 bits per heavy atom. The van der Waals surface area contributed by atoms with Gasteiger partial charge in [-0.05, 0) is 49.9 Å². The predicted molar refractivity (Wildman–Crippen MR) is 109 cm³/mol. The summed E-state index contributed by atoms with van der Waals surface area (Å²) in [6, 6.07) is 6.48. The van der Waals surface area contributed by atoms with Crippen molar-refractivity contribution in [3.05, 3.63) is 56.3 Å². The van der Waals surface area contributed by atoms with E-state index in [4.69, 9.17) is 13.9 Å². The lowest BCUT2D eigenvalue weighted by atomic mass is 10.1. The summed E-state index contributed by atoms with van der Waals surface area (Å²) >= 11 is 1.36. The van der Waals surface area contributed by atoms with Crippen LogP contribution in [-0.2, 0) is 17.6 Å². The number of hydrogen-bond donors (Lipinski definition) is 1. The van der Waals surface area contributed by atoms with Gasteiger partial charge in [0.25, 0.3) is 5.91 Å². The van der Waals surface area contributed by atoms with Crippen LogP contribution in [-0.4, -0.2) is 25.6 Å². The number of carbonyl (C=O) groups excluding carboxylic acids is 2. The quantitative estimate of drug-likeness (QED) is 0.505. The number of methoxy groups -OCH3 is 1. The molecular weight excluding hydrogens is 394 g/mol. The molecule has 3 aromatic rings. The van der Waals surface area contributed by atoms with Crippen LogP contribution in [0.5, 0.6) is 5.75 Å². The fraction of sp³-hybridized carbons (Fsp3) is 0.286. The first-order valence-corrected chi connectivity index (χ1v) is 10.1. The molecule has 0 radical (unpaired) electrons. The van der Waals surface area contributed by atoms with Crippen LogP contribution in [0.15, 0.2) is 33.5 Å². The number of ether oxygens (including phenoxy) is 2. The molecule has 2 heterocycles. The second-order valence-corrected chi connectivity index (χ2v) is 7.69. The molecule has 1 aliphatic carbocycles. The maximum Gasteiger partial charge on any atom is 0.349 e. The molecule has 0 atom stereocenters. The van der Waals surface area contributed by atoms with E-state index in [-0.39, 0.29) is 12.2 Å². The zero-order chi connectivity index (χ0) is 20.5. The number of fused-ring (bicyclic) bond motifs is 2. The molecule has 1 amide bonds. The van der Waals surface area contributed by atoms with Crippen LogP contribution < -0.4 is 15.7 Å². The number of benzene rings is 1. The molecule has 2 aromatic heterocycles. The molecule has 0 saturated carbocycles. The van der Waals surface area contributed by atoms with Gasteiger partial charge in [-0.2, -0.15) is 0 Å². The van der Waals surface area contributed by atoms with Gasteiger partial charge in [-0.15, -0.1) is 11.3 Å². The van der Waals surface area contributed by atoms with Gasteiger partial charge >= 0.3 is 11.6 Å². The number of hydrogen-bond acceptors (Lipinski definition) is 7. The standard InChI is InChI=1S/C21H19NO6S/c1-3-27-21(25)17-13-5-4-6-16(13)29-19(17)22-18(23)14-9-11-7-8-12(26-2)10-15(11)28-20(14)24/h7-10H,3-6H2,1-2H3,(H,22,23). The second-order valence-electron chi connectivity index (χ2n) is 6.59. The van der Waals surface area contributed by atoms with Gasteiger partial charge in [0.15, 0.2) is 0 Å². The molecule has 0 unspecified atom stereocenters. The van der Waals surface area contributed by atoms with E-state index in [2.05, 4.69) is 5.32 Å². The summed E-state index contributed by atoms with van der Waals surface area (Å²) < 4.78 is 15.6. The SMILES string of the molecule is CCOC(=O)c1c(NC(=O)c2cc3ccc(OC)cc3oc2=O)sc2c1CCC2. The van der Waals surface area contributed by atoms with Crippen molar-refractivity contribution in [2.24, 2.45) is 0 Å². The molecule has 8 heteroatoms. The van der Waals surface area contributed by atoms with E-state index in [0.29, 0.717) is 27.3 Å². The molecule has 1 N–H and O–H groups in total. The van der Waals surface area contributed by atoms with E-state index in [9.17, 15) is 14.4 Å². The van der Waals surface area contributed by atoms with Crippen LogP contribution in [0.2, 0.25) is 0 Å². The smallest absolute Gasteiger partial charge is 0.349 e. The molecule has 0 spiro atoms. The Bertz CT molecular complexity index is 1180. The third-order valence-electron chi connectivity index (χ3n) is 4.82. The zero-order valence-electron chi connectivity index (χ0n) is 16.0. The van der Waals surface area contributed by atoms with E-state index in [1.807, 2.05) is 0 Å². The summed E-state index contributed by atoms with van der Waals surface area (Å²) in [4.78, 5) is 38.7. The number of rotatable bonds is 5. The van der Waals surface area contributed by atoms with Gasteiger partial charge in [0.2, 0.25) is 0 Å². The molecule has 0 saturated heterocycles. The summed E-state index contributed by atoms with van der Waals surface area (Å²) in [7, 11) is 1.51. The Balaban J connectivity index is 1.69. The Labute approximate surface area is 170 Å². The third-order valence-corrected chi connectivity index (χ3v) is 6.02. The monoisotopic (exact) mass is 413 g/mol. The molecular formula is C21H19NO6S. The number of aryl methyl sites for hydroxylation is 1. The van der Waals surface area contributed by atoms with E-state index < -0.39 is 17.5 Å². The minimum absolute atomic E-state index is 0.133. The molecule has 0 bridgehead atoms. The van der Waals surface area contributed by atoms with Gasteiger partial charge in [-0.1, -0.05) is 0 Å². The maximum atomic E-state index is 12.8. The predicted octanol–water partition coefficient (Wildman–Crippen LogP) is 3.78. The van der Waals surface area contributed by atoms with Crippen LogP contribution in [0.25, 0.3) is 11.0 Å².